The fourth-order valence-corrected chi connectivity index (χ4v) is 2.71. The summed E-state index contributed by atoms with van der Waals surface area (Å²) in [6, 6.07) is 2.04. The predicted molar refractivity (Wildman–Crippen MR) is 72.8 cm³/mol. The normalized spacial score (nSPS) is 13.1. The van der Waals surface area contributed by atoms with E-state index in [-0.39, 0.29) is 11.4 Å². The number of nitrogens with zero attached hydrogens (tertiary/aromatic N) is 2. The highest BCUT2D eigenvalue weighted by Gasteiger charge is 2.14. The lowest BCUT2D eigenvalue weighted by atomic mass is 10.3. The molecule has 0 saturated carbocycles. The molecule has 104 valence electrons. The van der Waals surface area contributed by atoms with E-state index in [1.54, 1.807) is 10.8 Å². The molecule has 1 aromatic heterocycles. The van der Waals surface area contributed by atoms with Crippen LogP contribution in [0.1, 0.15) is 12.2 Å². The van der Waals surface area contributed by atoms with E-state index in [2.05, 4.69) is 4.98 Å². The number of benzene rings is 1. The second kappa shape index (κ2) is 5.96. The first-order valence-electron chi connectivity index (χ1n) is 5.73. The third-order valence-electron chi connectivity index (χ3n) is 2.78. The number of imidazole rings is 1. The lowest BCUT2D eigenvalue weighted by Crippen LogP contribution is -2.06. The third-order valence-corrected chi connectivity index (χ3v) is 3.89. The van der Waals surface area contributed by atoms with Gasteiger partial charge in [-0.25, -0.2) is 13.8 Å². The number of rotatable bonds is 5. The molecule has 2 aromatic rings. The molecule has 0 fully saturated rings. The van der Waals surface area contributed by atoms with Gasteiger partial charge in [0.25, 0.3) is 0 Å². The minimum absolute atomic E-state index is 0.116. The van der Waals surface area contributed by atoms with E-state index in [1.807, 2.05) is 0 Å². The van der Waals surface area contributed by atoms with Gasteiger partial charge in [0.2, 0.25) is 0 Å². The fraction of sp³-hybridized carbons (Fsp3) is 0.417. The molecule has 0 aliphatic carbocycles. The maximum Gasteiger partial charge on any atom is 0.153 e. The summed E-state index contributed by atoms with van der Waals surface area (Å²) < 4.78 is 39.6. The first kappa shape index (κ1) is 14.4. The minimum atomic E-state index is -0.893. The summed E-state index contributed by atoms with van der Waals surface area (Å²) in [5.74, 6) is -0.210. The lowest BCUT2D eigenvalue weighted by Gasteiger charge is -2.07. The highest BCUT2D eigenvalue weighted by atomic mass is 35.5. The molecule has 1 heterocycles. The Balaban J connectivity index is 2.42. The number of hydrogen-bond acceptors (Lipinski definition) is 2. The van der Waals surface area contributed by atoms with Gasteiger partial charge in [0, 0.05) is 35.4 Å². The summed E-state index contributed by atoms with van der Waals surface area (Å²) in [7, 11) is -0.893. The Morgan fingerprint density at radius 1 is 1.42 bits per heavy atom. The number of fused-ring (bicyclic) bond motifs is 1. The van der Waals surface area contributed by atoms with Gasteiger partial charge in [-0.15, -0.1) is 11.6 Å². The van der Waals surface area contributed by atoms with Gasteiger partial charge in [0.05, 0.1) is 11.4 Å². The first-order valence-corrected chi connectivity index (χ1v) is 7.99. The van der Waals surface area contributed by atoms with Gasteiger partial charge < -0.3 is 4.57 Å². The van der Waals surface area contributed by atoms with Crippen LogP contribution in [-0.4, -0.2) is 25.8 Å². The van der Waals surface area contributed by atoms with Gasteiger partial charge >= 0.3 is 0 Å². The van der Waals surface area contributed by atoms with E-state index < -0.39 is 22.4 Å². The Kier molecular flexibility index (Phi) is 4.52. The van der Waals surface area contributed by atoms with Crippen molar-refractivity contribution in [2.45, 2.75) is 18.8 Å². The zero-order valence-corrected chi connectivity index (χ0v) is 11.9. The SMILES string of the molecule is CS(=O)CCCn1c(CCl)nc2c(F)cc(F)cc21. The Labute approximate surface area is 117 Å². The molecule has 3 nitrogen and oxygen atoms in total. The van der Waals surface area contributed by atoms with E-state index >= 15 is 0 Å². The predicted octanol–water partition coefficient (Wildman–Crippen LogP) is 2.82. The zero-order chi connectivity index (χ0) is 14.0. The smallest absolute Gasteiger partial charge is 0.153 e. The Hall–Kier alpha value is -1.01. The van der Waals surface area contributed by atoms with Crippen LogP contribution in [0.2, 0.25) is 0 Å². The van der Waals surface area contributed by atoms with Crippen molar-refractivity contribution in [3.63, 3.8) is 0 Å². The molecule has 0 saturated heterocycles. The van der Waals surface area contributed by atoms with Crippen LogP contribution in [0.3, 0.4) is 0 Å². The average Bonchev–Trinajstić information content (AvgIpc) is 2.67. The number of alkyl halides is 1. The van der Waals surface area contributed by atoms with Gasteiger partial charge in [-0.3, -0.25) is 4.21 Å². The largest absolute Gasteiger partial charge is 0.327 e. The van der Waals surface area contributed by atoms with E-state index in [4.69, 9.17) is 11.6 Å². The monoisotopic (exact) mass is 306 g/mol. The molecule has 0 aliphatic rings. The van der Waals surface area contributed by atoms with Crippen LogP contribution in [0.15, 0.2) is 12.1 Å². The first-order chi connectivity index (χ1) is 9.02. The molecule has 0 bridgehead atoms. The van der Waals surface area contributed by atoms with Gasteiger partial charge in [-0.2, -0.15) is 0 Å². The van der Waals surface area contributed by atoms with Crippen LogP contribution < -0.4 is 0 Å². The van der Waals surface area contributed by atoms with Crippen LogP contribution >= 0.6 is 11.6 Å². The van der Waals surface area contributed by atoms with Crippen LogP contribution in [0.4, 0.5) is 8.78 Å². The number of aromatic nitrogens is 2. The van der Waals surface area contributed by atoms with Crippen molar-refractivity contribution in [3.8, 4) is 0 Å². The molecule has 19 heavy (non-hydrogen) atoms. The molecule has 1 unspecified atom stereocenters. The second-order valence-electron chi connectivity index (χ2n) is 4.20. The average molecular weight is 307 g/mol. The summed E-state index contributed by atoms with van der Waals surface area (Å²) in [4.78, 5) is 4.08. The summed E-state index contributed by atoms with van der Waals surface area (Å²) in [6.07, 6.45) is 2.25. The molecule has 1 atom stereocenters. The summed E-state index contributed by atoms with van der Waals surface area (Å²) in [6.45, 7) is 0.487. The minimum Gasteiger partial charge on any atom is -0.327 e. The number of hydrogen-bond donors (Lipinski definition) is 0. The highest BCUT2D eigenvalue weighted by Crippen LogP contribution is 2.22. The second-order valence-corrected chi connectivity index (χ2v) is 6.02. The van der Waals surface area contributed by atoms with Gasteiger partial charge in [-0.05, 0) is 12.5 Å². The molecule has 0 radical (unpaired) electrons. The quantitative estimate of drug-likeness (QED) is 0.796. The van der Waals surface area contributed by atoms with Crippen LogP contribution in [-0.2, 0) is 23.2 Å². The van der Waals surface area contributed by atoms with E-state index in [9.17, 15) is 13.0 Å². The molecule has 0 amide bonds. The molecule has 2 rings (SSSR count). The van der Waals surface area contributed by atoms with E-state index in [1.165, 1.54) is 6.07 Å². The number of aryl methyl sites for hydroxylation is 1. The Morgan fingerprint density at radius 2 is 2.16 bits per heavy atom. The zero-order valence-electron chi connectivity index (χ0n) is 10.3. The van der Waals surface area contributed by atoms with Crippen molar-refractivity contribution in [3.05, 3.63) is 29.6 Å². The molecule has 0 N–H and O–H groups in total. The van der Waals surface area contributed by atoms with E-state index in [0.717, 1.165) is 6.07 Å². The van der Waals surface area contributed by atoms with Crippen LogP contribution in [0.25, 0.3) is 11.0 Å². The molecule has 0 aliphatic heterocycles. The summed E-state index contributed by atoms with van der Waals surface area (Å²) in [5.41, 5.74) is 0.504. The van der Waals surface area contributed by atoms with Crippen LogP contribution in [0.5, 0.6) is 0 Å². The van der Waals surface area contributed by atoms with Crippen LogP contribution in [0, 0.1) is 11.6 Å². The summed E-state index contributed by atoms with van der Waals surface area (Å²) in [5, 5.41) is 0. The van der Waals surface area contributed by atoms with Crippen molar-refractivity contribution in [2.75, 3.05) is 12.0 Å². The molecule has 1 aromatic carbocycles. The molecular weight excluding hydrogens is 294 g/mol. The molecule has 0 spiro atoms. The Bertz CT molecular complexity index is 630. The number of halogens is 3. The van der Waals surface area contributed by atoms with Gasteiger partial charge in [-0.1, -0.05) is 0 Å². The maximum absolute atomic E-state index is 13.6. The molecule has 7 heteroatoms. The van der Waals surface area contributed by atoms with Crippen molar-refractivity contribution in [1.82, 2.24) is 9.55 Å². The topological polar surface area (TPSA) is 34.9 Å². The van der Waals surface area contributed by atoms with Crippen molar-refractivity contribution >= 4 is 33.4 Å². The maximum atomic E-state index is 13.6. The molecular formula is C12H13ClF2N2OS. The Morgan fingerprint density at radius 3 is 2.79 bits per heavy atom. The lowest BCUT2D eigenvalue weighted by molar-refractivity contribution is 0.589. The van der Waals surface area contributed by atoms with Gasteiger partial charge in [0.1, 0.15) is 17.2 Å². The summed E-state index contributed by atoms with van der Waals surface area (Å²) >= 11 is 5.78. The van der Waals surface area contributed by atoms with E-state index in [0.29, 0.717) is 30.1 Å². The van der Waals surface area contributed by atoms with Crippen molar-refractivity contribution in [2.24, 2.45) is 0 Å². The standard InChI is InChI=1S/C12H13ClF2N2OS/c1-19(18)4-2-3-17-10-6-8(14)5-9(15)12(10)16-11(17)7-13/h5-6H,2-4,7H2,1H3. The van der Waals surface area contributed by atoms with Crippen molar-refractivity contribution < 1.29 is 13.0 Å². The highest BCUT2D eigenvalue weighted by molar-refractivity contribution is 7.84. The fourth-order valence-electron chi connectivity index (χ4n) is 1.97. The van der Waals surface area contributed by atoms with Crippen molar-refractivity contribution in [1.29, 1.82) is 0 Å². The van der Waals surface area contributed by atoms with Gasteiger partial charge in [0.15, 0.2) is 5.82 Å². The third kappa shape index (κ3) is 3.12.